The van der Waals surface area contributed by atoms with Crippen molar-refractivity contribution >= 4 is 11.6 Å². The van der Waals surface area contributed by atoms with Crippen molar-refractivity contribution in [1.82, 2.24) is 14.7 Å². The molecule has 2 heterocycles. The van der Waals surface area contributed by atoms with Crippen LogP contribution in [0.4, 0.5) is 5.69 Å². The van der Waals surface area contributed by atoms with Crippen LogP contribution in [0.3, 0.4) is 0 Å². The normalized spacial score (nSPS) is 18.8. The monoisotopic (exact) mass is 344 g/mol. The van der Waals surface area contributed by atoms with E-state index in [0.717, 1.165) is 12.8 Å². The Balaban J connectivity index is 1.82. The Morgan fingerprint density at radius 2 is 2.16 bits per heavy atom. The maximum absolute atomic E-state index is 12.7. The molecule has 8 nitrogen and oxygen atoms in total. The predicted octanol–water partition coefficient (Wildman–Crippen LogP) is 2.01. The summed E-state index contributed by atoms with van der Waals surface area (Å²) in [6.07, 6.45) is 2.82. The Labute approximate surface area is 144 Å². The fraction of sp³-hybridized carbons (Fsp3) is 0.412. The molecule has 1 saturated heterocycles. The van der Waals surface area contributed by atoms with Gasteiger partial charge >= 0.3 is 0 Å². The average Bonchev–Trinajstić information content (AvgIpc) is 3.11. The second-order valence-corrected chi connectivity index (χ2v) is 6.29. The molecule has 132 valence electrons. The van der Waals surface area contributed by atoms with E-state index in [2.05, 4.69) is 5.10 Å². The van der Waals surface area contributed by atoms with Gasteiger partial charge in [0, 0.05) is 31.3 Å². The number of hydrogen-bond acceptors (Lipinski definition) is 5. The molecular weight excluding hydrogens is 324 g/mol. The molecule has 1 aliphatic heterocycles. The molecule has 1 fully saturated rings. The van der Waals surface area contributed by atoms with Gasteiger partial charge in [-0.3, -0.25) is 14.9 Å². The van der Waals surface area contributed by atoms with Crippen LogP contribution in [0.2, 0.25) is 0 Å². The summed E-state index contributed by atoms with van der Waals surface area (Å²) in [7, 11) is 0. The van der Waals surface area contributed by atoms with Crippen LogP contribution in [0.25, 0.3) is 5.69 Å². The van der Waals surface area contributed by atoms with E-state index in [1.54, 1.807) is 42.3 Å². The molecule has 1 aromatic heterocycles. The van der Waals surface area contributed by atoms with E-state index in [1.807, 2.05) is 0 Å². The Morgan fingerprint density at radius 1 is 1.40 bits per heavy atom. The first-order valence-electron chi connectivity index (χ1n) is 8.24. The first kappa shape index (κ1) is 17.1. The molecule has 0 radical (unpaired) electrons. The van der Waals surface area contributed by atoms with Gasteiger partial charge in [0.05, 0.1) is 11.0 Å². The smallest absolute Gasteiger partial charge is 0.294 e. The highest BCUT2D eigenvalue weighted by Gasteiger charge is 2.28. The quantitative estimate of drug-likeness (QED) is 0.675. The van der Waals surface area contributed by atoms with Gasteiger partial charge < -0.3 is 10.0 Å². The molecule has 1 amide bonds. The molecule has 0 bridgehead atoms. The van der Waals surface area contributed by atoms with E-state index < -0.39 is 11.0 Å². The van der Waals surface area contributed by atoms with Crippen molar-refractivity contribution in [3.8, 4) is 5.69 Å². The van der Waals surface area contributed by atoms with Crippen LogP contribution in [0, 0.1) is 16.0 Å². The Hall–Kier alpha value is -2.74. The number of aliphatic hydroxyl groups excluding tert-OH is 1. The minimum atomic E-state index is -0.476. The van der Waals surface area contributed by atoms with Gasteiger partial charge in [-0.25, -0.2) is 4.68 Å². The topological polar surface area (TPSA) is 102 Å². The molecule has 1 aromatic carbocycles. The van der Waals surface area contributed by atoms with Crippen LogP contribution < -0.4 is 0 Å². The molecule has 8 heteroatoms. The number of nitro groups is 1. The molecule has 3 rings (SSSR count). The van der Waals surface area contributed by atoms with E-state index in [-0.39, 0.29) is 23.2 Å². The number of piperidine rings is 1. The molecule has 25 heavy (non-hydrogen) atoms. The number of rotatable bonds is 4. The van der Waals surface area contributed by atoms with E-state index in [1.165, 1.54) is 10.7 Å². The van der Waals surface area contributed by atoms with Crippen LogP contribution in [-0.4, -0.2) is 49.8 Å². The summed E-state index contributed by atoms with van der Waals surface area (Å²) in [4.78, 5) is 25.0. The van der Waals surface area contributed by atoms with Crippen LogP contribution in [0.1, 0.15) is 30.3 Å². The van der Waals surface area contributed by atoms with Gasteiger partial charge in [0.2, 0.25) is 0 Å². The largest absolute Gasteiger partial charge is 0.393 e. The summed E-state index contributed by atoms with van der Waals surface area (Å²) in [5.74, 6) is -0.155. The number of benzene rings is 1. The van der Waals surface area contributed by atoms with Crippen molar-refractivity contribution in [3.05, 3.63) is 52.3 Å². The highest BCUT2D eigenvalue weighted by Crippen LogP contribution is 2.23. The highest BCUT2D eigenvalue weighted by atomic mass is 16.6. The lowest BCUT2D eigenvalue weighted by molar-refractivity contribution is -0.384. The summed E-state index contributed by atoms with van der Waals surface area (Å²) in [6.45, 7) is 2.86. The van der Waals surface area contributed by atoms with Gasteiger partial charge in [0.15, 0.2) is 5.69 Å². The van der Waals surface area contributed by atoms with Crippen LogP contribution in [0.5, 0.6) is 0 Å². The number of aliphatic hydroxyl groups is 1. The van der Waals surface area contributed by atoms with Crippen LogP contribution in [-0.2, 0) is 0 Å². The van der Waals surface area contributed by atoms with Crippen molar-refractivity contribution in [3.63, 3.8) is 0 Å². The van der Waals surface area contributed by atoms with Gasteiger partial charge in [-0.05, 0) is 31.9 Å². The highest BCUT2D eigenvalue weighted by molar-refractivity contribution is 5.92. The second-order valence-electron chi connectivity index (χ2n) is 6.29. The molecule has 2 atom stereocenters. The lowest BCUT2D eigenvalue weighted by Crippen LogP contribution is -2.43. The minimum absolute atomic E-state index is 0.0648. The number of likely N-dealkylation sites (tertiary alicyclic amines) is 1. The third kappa shape index (κ3) is 3.53. The van der Waals surface area contributed by atoms with E-state index in [4.69, 9.17) is 0 Å². The molecule has 0 aliphatic carbocycles. The first-order chi connectivity index (χ1) is 12.0. The van der Waals surface area contributed by atoms with Gasteiger partial charge in [0.1, 0.15) is 5.69 Å². The lowest BCUT2D eigenvalue weighted by atomic mass is 9.93. The number of aromatic nitrogens is 2. The zero-order valence-corrected chi connectivity index (χ0v) is 13.9. The van der Waals surface area contributed by atoms with Gasteiger partial charge in [-0.2, -0.15) is 5.10 Å². The molecule has 2 aromatic rings. The standard InChI is InChI=1S/C17H20N4O4/c1-12(22)13-5-4-9-19(11-13)17(23)14-8-10-20(18-14)15-6-2-3-7-16(15)21(24)25/h2-3,6-8,10,12-13,22H,4-5,9,11H2,1H3. The number of nitro benzene ring substituents is 1. The van der Waals surface area contributed by atoms with Crippen molar-refractivity contribution in [2.45, 2.75) is 25.9 Å². The van der Waals surface area contributed by atoms with Crippen molar-refractivity contribution in [1.29, 1.82) is 0 Å². The van der Waals surface area contributed by atoms with E-state index >= 15 is 0 Å². The van der Waals surface area contributed by atoms with Crippen LogP contribution >= 0.6 is 0 Å². The molecule has 1 aliphatic rings. The second kappa shape index (κ2) is 7.02. The van der Waals surface area contributed by atoms with E-state index in [0.29, 0.717) is 18.8 Å². The fourth-order valence-corrected chi connectivity index (χ4v) is 3.13. The van der Waals surface area contributed by atoms with Gasteiger partial charge in [-0.15, -0.1) is 0 Å². The third-order valence-electron chi connectivity index (χ3n) is 4.56. The number of hydrogen-bond donors (Lipinski definition) is 1. The molecule has 0 saturated carbocycles. The number of carbonyl (C=O) groups is 1. The predicted molar refractivity (Wildman–Crippen MR) is 90.5 cm³/mol. The van der Waals surface area contributed by atoms with E-state index in [9.17, 15) is 20.0 Å². The number of nitrogens with zero attached hydrogens (tertiary/aromatic N) is 4. The first-order valence-corrected chi connectivity index (χ1v) is 8.24. The SMILES string of the molecule is CC(O)C1CCCN(C(=O)c2ccn(-c3ccccc3[N+](=O)[O-])n2)C1. The number of amides is 1. The maximum Gasteiger partial charge on any atom is 0.294 e. The van der Waals surface area contributed by atoms with Gasteiger partial charge in [0.25, 0.3) is 11.6 Å². The summed E-state index contributed by atoms with van der Waals surface area (Å²) >= 11 is 0. The summed E-state index contributed by atoms with van der Waals surface area (Å²) in [5, 5.41) is 25.1. The van der Waals surface area contributed by atoms with Gasteiger partial charge in [-0.1, -0.05) is 12.1 Å². The fourth-order valence-electron chi connectivity index (χ4n) is 3.13. The maximum atomic E-state index is 12.7. The molecule has 2 unspecified atom stereocenters. The summed E-state index contributed by atoms with van der Waals surface area (Å²) in [5.41, 5.74) is 0.480. The molecular formula is C17H20N4O4. The lowest BCUT2D eigenvalue weighted by Gasteiger charge is -2.33. The zero-order chi connectivity index (χ0) is 18.0. The molecule has 0 spiro atoms. The van der Waals surface area contributed by atoms with Crippen LogP contribution in [0.15, 0.2) is 36.5 Å². The molecule has 1 N–H and O–H groups in total. The summed E-state index contributed by atoms with van der Waals surface area (Å²) in [6, 6.07) is 7.82. The summed E-state index contributed by atoms with van der Waals surface area (Å²) < 4.78 is 1.35. The van der Waals surface area contributed by atoms with Crippen molar-refractivity contribution < 1.29 is 14.8 Å². The number of para-hydroxylation sites is 2. The van der Waals surface area contributed by atoms with Crippen molar-refractivity contribution in [2.24, 2.45) is 5.92 Å². The van der Waals surface area contributed by atoms with Crippen molar-refractivity contribution in [2.75, 3.05) is 13.1 Å². The zero-order valence-electron chi connectivity index (χ0n) is 13.9. The Kier molecular flexibility index (Phi) is 4.80. The Morgan fingerprint density at radius 3 is 2.88 bits per heavy atom. The third-order valence-corrected chi connectivity index (χ3v) is 4.56. The minimum Gasteiger partial charge on any atom is -0.393 e. The average molecular weight is 344 g/mol. The Bertz CT molecular complexity index is 786. The number of carbonyl (C=O) groups excluding carboxylic acids is 1.